The van der Waals surface area contributed by atoms with Crippen LogP contribution < -0.4 is 15.4 Å². The van der Waals surface area contributed by atoms with Gasteiger partial charge in [0, 0.05) is 11.2 Å². The molecule has 1 aromatic carbocycles. The molecule has 0 radical (unpaired) electrons. The van der Waals surface area contributed by atoms with E-state index in [1.807, 2.05) is 53.7 Å². The van der Waals surface area contributed by atoms with Crippen LogP contribution in [0, 0.1) is 13.8 Å². The van der Waals surface area contributed by atoms with E-state index in [-0.39, 0.29) is 11.6 Å². The average Bonchev–Trinajstić information content (AvgIpc) is 2.22. The van der Waals surface area contributed by atoms with Crippen molar-refractivity contribution in [2.45, 2.75) is 47.1 Å². The van der Waals surface area contributed by atoms with Gasteiger partial charge >= 0.3 is 6.03 Å². The normalized spacial score (nSPS) is 11.1. The predicted octanol–water partition coefficient (Wildman–Crippen LogP) is 3.62. The van der Waals surface area contributed by atoms with Gasteiger partial charge in [-0.25, -0.2) is 4.79 Å². The van der Waals surface area contributed by atoms with Gasteiger partial charge in [-0.1, -0.05) is 0 Å². The molecule has 106 valence electrons. The molecule has 0 spiro atoms. The van der Waals surface area contributed by atoms with E-state index in [9.17, 15) is 4.79 Å². The molecular formula is C15H24N2O2. The van der Waals surface area contributed by atoms with E-state index >= 15 is 0 Å². The number of hydrogen-bond donors (Lipinski definition) is 2. The molecule has 0 bridgehead atoms. The van der Waals surface area contributed by atoms with Crippen LogP contribution in [0.15, 0.2) is 12.1 Å². The third-order valence-electron chi connectivity index (χ3n) is 2.56. The summed E-state index contributed by atoms with van der Waals surface area (Å²) in [6.45, 7) is 12.4. The third-order valence-corrected chi connectivity index (χ3v) is 2.56. The van der Waals surface area contributed by atoms with Gasteiger partial charge in [0.25, 0.3) is 0 Å². The molecule has 0 heterocycles. The number of rotatable bonds is 3. The zero-order valence-electron chi connectivity index (χ0n) is 12.7. The second-order valence-corrected chi connectivity index (χ2v) is 5.69. The lowest BCUT2D eigenvalue weighted by molar-refractivity contribution is 0.244. The average molecular weight is 264 g/mol. The number of carbonyl (C=O) groups excluding carboxylic acids is 1. The zero-order chi connectivity index (χ0) is 14.6. The Balaban J connectivity index is 2.85. The fourth-order valence-electron chi connectivity index (χ4n) is 1.73. The Labute approximate surface area is 115 Å². The highest BCUT2D eigenvalue weighted by Crippen LogP contribution is 2.26. The van der Waals surface area contributed by atoms with E-state index in [1.54, 1.807) is 0 Å². The number of anilines is 1. The van der Waals surface area contributed by atoms with Crippen LogP contribution in [-0.2, 0) is 0 Å². The Kier molecular flexibility index (Phi) is 4.81. The smallest absolute Gasteiger partial charge is 0.319 e. The first-order valence-electron chi connectivity index (χ1n) is 6.56. The summed E-state index contributed by atoms with van der Waals surface area (Å²) in [6.07, 6.45) is 0. The lowest BCUT2D eigenvalue weighted by Crippen LogP contribution is -2.43. The zero-order valence-corrected chi connectivity index (χ0v) is 12.7. The van der Waals surface area contributed by atoms with Crippen molar-refractivity contribution in [2.75, 3.05) is 11.9 Å². The summed E-state index contributed by atoms with van der Waals surface area (Å²) in [5.74, 6) is 0.863. The maximum Gasteiger partial charge on any atom is 0.319 e. The number of carbonyl (C=O) groups is 1. The Bertz CT molecular complexity index is 462. The number of nitrogens with one attached hydrogen (secondary N) is 2. The quantitative estimate of drug-likeness (QED) is 0.876. The van der Waals surface area contributed by atoms with Gasteiger partial charge in [-0.05, 0) is 64.8 Å². The Morgan fingerprint density at radius 1 is 1.21 bits per heavy atom. The molecule has 0 atom stereocenters. The molecule has 0 saturated heterocycles. The van der Waals surface area contributed by atoms with Crippen LogP contribution in [0.25, 0.3) is 0 Å². The molecule has 2 N–H and O–H groups in total. The minimum absolute atomic E-state index is 0.195. The van der Waals surface area contributed by atoms with Gasteiger partial charge in [-0.2, -0.15) is 0 Å². The van der Waals surface area contributed by atoms with Gasteiger partial charge in [0.15, 0.2) is 0 Å². The molecular weight excluding hydrogens is 240 g/mol. The first-order chi connectivity index (χ1) is 8.73. The molecule has 1 aromatic rings. The summed E-state index contributed by atoms with van der Waals surface area (Å²) in [4.78, 5) is 11.8. The number of ether oxygens (including phenoxy) is 1. The molecule has 0 saturated carbocycles. The van der Waals surface area contributed by atoms with Gasteiger partial charge in [0.1, 0.15) is 5.75 Å². The van der Waals surface area contributed by atoms with Crippen LogP contribution in [0.1, 0.15) is 38.8 Å². The molecule has 0 aliphatic heterocycles. The summed E-state index contributed by atoms with van der Waals surface area (Å²) in [6, 6.07) is 3.69. The maximum atomic E-state index is 11.8. The van der Waals surface area contributed by atoms with Crippen molar-refractivity contribution >= 4 is 11.7 Å². The molecule has 1 rings (SSSR count). The van der Waals surface area contributed by atoms with Crippen molar-refractivity contribution in [1.29, 1.82) is 0 Å². The van der Waals surface area contributed by atoms with E-state index in [0.717, 1.165) is 22.6 Å². The molecule has 4 nitrogen and oxygen atoms in total. The van der Waals surface area contributed by atoms with Gasteiger partial charge in [0.05, 0.1) is 6.61 Å². The predicted molar refractivity (Wildman–Crippen MR) is 79.0 cm³/mol. The topological polar surface area (TPSA) is 50.4 Å². The number of aryl methyl sites for hydroxylation is 2. The number of benzene rings is 1. The number of amides is 2. The molecule has 0 fully saturated rings. The third kappa shape index (κ3) is 4.81. The number of hydrogen-bond acceptors (Lipinski definition) is 2. The lowest BCUT2D eigenvalue weighted by Gasteiger charge is -2.21. The molecule has 2 amide bonds. The van der Waals surface area contributed by atoms with Crippen LogP contribution >= 0.6 is 0 Å². The van der Waals surface area contributed by atoms with Crippen LogP contribution in [0.3, 0.4) is 0 Å². The van der Waals surface area contributed by atoms with E-state index in [0.29, 0.717) is 6.61 Å². The van der Waals surface area contributed by atoms with Crippen LogP contribution in [0.5, 0.6) is 5.75 Å². The van der Waals surface area contributed by atoms with E-state index in [1.165, 1.54) is 0 Å². The van der Waals surface area contributed by atoms with Gasteiger partial charge < -0.3 is 15.4 Å². The second kappa shape index (κ2) is 5.95. The standard InChI is InChI=1S/C15H24N2O2/c1-7-19-13-9-10(2)12(8-11(13)3)16-14(18)17-15(4,5)6/h8-9H,7H2,1-6H3,(H2,16,17,18). The minimum Gasteiger partial charge on any atom is -0.494 e. The SMILES string of the molecule is CCOc1cc(C)c(NC(=O)NC(C)(C)C)cc1C. The van der Waals surface area contributed by atoms with Crippen LogP contribution in [0.2, 0.25) is 0 Å². The summed E-state index contributed by atoms with van der Waals surface area (Å²) >= 11 is 0. The van der Waals surface area contributed by atoms with Crippen molar-refractivity contribution in [3.8, 4) is 5.75 Å². The molecule has 0 aromatic heterocycles. The van der Waals surface area contributed by atoms with Crippen LogP contribution in [-0.4, -0.2) is 18.2 Å². The Morgan fingerprint density at radius 2 is 1.84 bits per heavy atom. The fourth-order valence-corrected chi connectivity index (χ4v) is 1.73. The maximum absolute atomic E-state index is 11.8. The first-order valence-corrected chi connectivity index (χ1v) is 6.56. The summed E-state index contributed by atoms with van der Waals surface area (Å²) in [7, 11) is 0. The van der Waals surface area contributed by atoms with Crippen molar-refractivity contribution in [3.63, 3.8) is 0 Å². The summed E-state index contributed by atoms with van der Waals surface area (Å²) in [5.41, 5.74) is 2.55. The van der Waals surface area contributed by atoms with E-state index in [4.69, 9.17) is 4.74 Å². The van der Waals surface area contributed by atoms with Crippen molar-refractivity contribution in [1.82, 2.24) is 5.32 Å². The fraction of sp³-hybridized carbons (Fsp3) is 0.533. The van der Waals surface area contributed by atoms with Crippen molar-refractivity contribution in [3.05, 3.63) is 23.3 Å². The molecule has 4 heteroatoms. The molecule has 0 aliphatic carbocycles. The highest BCUT2D eigenvalue weighted by atomic mass is 16.5. The van der Waals surface area contributed by atoms with E-state index < -0.39 is 0 Å². The molecule has 0 aliphatic rings. The van der Waals surface area contributed by atoms with Gasteiger partial charge in [0.2, 0.25) is 0 Å². The monoisotopic (exact) mass is 264 g/mol. The number of urea groups is 1. The van der Waals surface area contributed by atoms with Crippen molar-refractivity contribution in [2.24, 2.45) is 0 Å². The van der Waals surface area contributed by atoms with E-state index in [2.05, 4.69) is 10.6 Å². The minimum atomic E-state index is -0.252. The summed E-state index contributed by atoms with van der Waals surface area (Å²) < 4.78 is 5.53. The Morgan fingerprint density at radius 3 is 2.37 bits per heavy atom. The summed E-state index contributed by atoms with van der Waals surface area (Å²) in [5, 5.41) is 5.74. The second-order valence-electron chi connectivity index (χ2n) is 5.69. The Hall–Kier alpha value is -1.71. The van der Waals surface area contributed by atoms with Crippen LogP contribution in [0.4, 0.5) is 10.5 Å². The lowest BCUT2D eigenvalue weighted by atomic mass is 10.1. The van der Waals surface area contributed by atoms with Crippen molar-refractivity contribution < 1.29 is 9.53 Å². The van der Waals surface area contributed by atoms with Gasteiger partial charge in [-0.3, -0.25) is 0 Å². The highest BCUT2D eigenvalue weighted by molar-refractivity contribution is 5.90. The molecule has 19 heavy (non-hydrogen) atoms. The molecule has 0 unspecified atom stereocenters. The largest absolute Gasteiger partial charge is 0.494 e. The van der Waals surface area contributed by atoms with Gasteiger partial charge in [-0.15, -0.1) is 0 Å². The first kappa shape index (κ1) is 15.3. The highest BCUT2D eigenvalue weighted by Gasteiger charge is 2.14.